The molecule has 1 unspecified atom stereocenters. The van der Waals surface area contributed by atoms with E-state index in [1.54, 1.807) is 17.0 Å². The van der Waals surface area contributed by atoms with Crippen LogP contribution in [0.2, 0.25) is 0 Å². The van der Waals surface area contributed by atoms with Crippen LogP contribution in [0, 0.1) is 0 Å². The number of halogens is 1. The zero-order chi connectivity index (χ0) is 18.7. The number of ether oxygens (including phenoxy) is 1. The standard InChI is InChI=1S/C17H22BrNO5S2/c18-15-7-6-14(25-15)17(21)24-10-16(20)19(12-4-2-1-3-5-12)13-8-9-26(22,23)11-13/h6-7,12-13H,1-5,8-11H2. The molecule has 1 amide bonds. The number of amides is 1. The van der Waals surface area contributed by atoms with Crippen LogP contribution in [0.25, 0.3) is 0 Å². The second-order valence-corrected chi connectivity index (χ2v) is 11.5. The van der Waals surface area contributed by atoms with Crippen molar-refractivity contribution in [2.45, 2.75) is 50.6 Å². The summed E-state index contributed by atoms with van der Waals surface area (Å²) < 4.78 is 29.8. The molecular weight excluding hydrogens is 442 g/mol. The lowest BCUT2D eigenvalue weighted by Crippen LogP contribution is -2.50. The number of hydrogen-bond donors (Lipinski definition) is 0. The third-order valence-corrected chi connectivity index (χ3v) is 8.31. The van der Waals surface area contributed by atoms with Crippen molar-refractivity contribution in [1.29, 1.82) is 0 Å². The molecule has 1 aromatic rings. The second-order valence-electron chi connectivity index (χ2n) is 6.83. The quantitative estimate of drug-likeness (QED) is 0.626. The Bertz CT molecular complexity index is 770. The van der Waals surface area contributed by atoms with E-state index in [1.165, 1.54) is 11.3 Å². The molecule has 144 valence electrons. The van der Waals surface area contributed by atoms with Crippen LogP contribution in [0.1, 0.15) is 48.2 Å². The van der Waals surface area contributed by atoms with Crippen molar-refractivity contribution in [3.05, 3.63) is 20.8 Å². The highest BCUT2D eigenvalue weighted by Crippen LogP contribution is 2.29. The van der Waals surface area contributed by atoms with Gasteiger partial charge in [0.15, 0.2) is 16.4 Å². The minimum atomic E-state index is -3.09. The predicted molar refractivity (Wildman–Crippen MR) is 103 cm³/mol. The second kappa shape index (κ2) is 8.39. The average molecular weight is 464 g/mol. The van der Waals surface area contributed by atoms with Gasteiger partial charge in [-0.25, -0.2) is 13.2 Å². The molecule has 1 aliphatic heterocycles. The number of esters is 1. The molecule has 0 N–H and O–H groups in total. The SMILES string of the molecule is O=C(OCC(=O)N(C1CCCCC1)C1CCS(=O)(=O)C1)c1ccc(Br)s1. The Hall–Kier alpha value is -0.930. The number of carbonyl (C=O) groups is 2. The number of rotatable bonds is 5. The van der Waals surface area contributed by atoms with Gasteiger partial charge in [-0.15, -0.1) is 11.3 Å². The van der Waals surface area contributed by atoms with Crippen molar-refractivity contribution in [3.63, 3.8) is 0 Å². The molecule has 9 heteroatoms. The van der Waals surface area contributed by atoms with Crippen molar-refractivity contribution in [2.75, 3.05) is 18.1 Å². The molecule has 3 rings (SSSR count). The summed E-state index contributed by atoms with van der Waals surface area (Å²) in [7, 11) is -3.09. The lowest BCUT2D eigenvalue weighted by atomic mass is 9.93. The molecule has 2 heterocycles. The third-order valence-electron chi connectivity index (χ3n) is 4.96. The van der Waals surface area contributed by atoms with Crippen molar-refractivity contribution < 1.29 is 22.7 Å². The first-order valence-electron chi connectivity index (χ1n) is 8.80. The van der Waals surface area contributed by atoms with Crippen LogP contribution in [0.5, 0.6) is 0 Å². The summed E-state index contributed by atoms with van der Waals surface area (Å²) >= 11 is 4.54. The maximum absolute atomic E-state index is 12.8. The Morgan fingerprint density at radius 2 is 1.88 bits per heavy atom. The summed E-state index contributed by atoms with van der Waals surface area (Å²) in [6, 6.07) is 3.14. The Morgan fingerprint density at radius 3 is 2.46 bits per heavy atom. The van der Waals surface area contributed by atoms with Gasteiger partial charge in [-0.2, -0.15) is 0 Å². The fourth-order valence-electron chi connectivity index (χ4n) is 3.76. The first-order valence-corrected chi connectivity index (χ1v) is 12.2. The van der Waals surface area contributed by atoms with Gasteiger partial charge in [0.25, 0.3) is 5.91 Å². The highest BCUT2D eigenvalue weighted by molar-refractivity contribution is 9.11. The molecule has 2 fully saturated rings. The van der Waals surface area contributed by atoms with E-state index in [9.17, 15) is 18.0 Å². The van der Waals surface area contributed by atoms with E-state index in [-0.39, 0.29) is 36.1 Å². The fraction of sp³-hybridized carbons (Fsp3) is 0.647. The average Bonchev–Trinajstić information content (AvgIpc) is 3.19. The summed E-state index contributed by atoms with van der Waals surface area (Å²) in [5.41, 5.74) is 0. The van der Waals surface area contributed by atoms with E-state index in [4.69, 9.17) is 4.74 Å². The molecule has 6 nitrogen and oxygen atoms in total. The van der Waals surface area contributed by atoms with Crippen molar-refractivity contribution in [3.8, 4) is 0 Å². The van der Waals surface area contributed by atoms with Gasteiger partial charge in [-0.05, 0) is 47.3 Å². The van der Waals surface area contributed by atoms with E-state index in [0.29, 0.717) is 11.3 Å². The summed E-state index contributed by atoms with van der Waals surface area (Å²) in [5.74, 6) is -0.683. The van der Waals surface area contributed by atoms with Gasteiger partial charge in [0, 0.05) is 12.1 Å². The van der Waals surface area contributed by atoms with Crippen LogP contribution in [0.3, 0.4) is 0 Å². The molecule has 26 heavy (non-hydrogen) atoms. The summed E-state index contributed by atoms with van der Waals surface area (Å²) in [4.78, 5) is 27.1. The smallest absolute Gasteiger partial charge is 0.348 e. The third kappa shape index (κ3) is 4.86. The molecule has 0 aromatic carbocycles. The number of sulfone groups is 1. The molecule has 0 radical (unpaired) electrons. The van der Waals surface area contributed by atoms with Gasteiger partial charge in [0.05, 0.1) is 15.3 Å². The van der Waals surface area contributed by atoms with Crippen LogP contribution in [-0.4, -0.2) is 55.4 Å². The first-order chi connectivity index (χ1) is 12.4. The van der Waals surface area contributed by atoms with Gasteiger partial charge in [0.2, 0.25) is 0 Å². The van der Waals surface area contributed by atoms with Crippen molar-refractivity contribution >= 4 is 49.0 Å². The van der Waals surface area contributed by atoms with Gasteiger partial charge in [-0.3, -0.25) is 4.79 Å². The maximum atomic E-state index is 12.8. The summed E-state index contributed by atoms with van der Waals surface area (Å²) in [5, 5.41) is 0. The van der Waals surface area contributed by atoms with E-state index in [2.05, 4.69) is 15.9 Å². The zero-order valence-corrected chi connectivity index (χ0v) is 17.6. The zero-order valence-electron chi connectivity index (χ0n) is 14.4. The number of hydrogen-bond acceptors (Lipinski definition) is 6. The van der Waals surface area contributed by atoms with Gasteiger partial charge < -0.3 is 9.64 Å². The Balaban J connectivity index is 1.67. The monoisotopic (exact) mass is 463 g/mol. The molecule has 1 saturated heterocycles. The number of carbonyl (C=O) groups excluding carboxylic acids is 2. The largest absolute Gasteiger partial charge is 0.451 e. The molecule has 0 bridgehead atoms. The summed E-state index contributed by atoms with van der Waals surface area (Å²) in [6.45, 7) is -0.346. The Labute approximate surface area is 165 Å². The van der Waals surface area contributed by atoms with Crippen molar-refractivity contribution in [2.24, 2.45) is 0 Å². The van der Waals surface area contributed by atoms with Crippen LogP contribution >= 0.6 is 27.3 Å². The molecular formula is C17H22BrNO5S2. The van der Waals surface area contributed by atoms with E-state index >= 15 is 0 Å². The minimum Gasteiger partial charge on any atom is -0.451 e. The maximum Gasteiger partial charge on any atom is 0.348 e. The molecule has 1 atom stereocenters. The lowest BCUT2D eigenvalue weighted by molar-refractivity contribution is -0.139. The van der Waals surface area contributed by atoms with Crippen LogP contribution in [0.15, 0.2) is 15.9 Å². The Morgan fingerprint density at radius 1 is 1.15 bits per heavy atom. The Kier molecular flexibility index (Phi) is 6.40. The molecule has 0 spiro atoms. The van der Waals surface area contributed by atoms with Crippen molar-refractivity contribution in [1.82, 2.24) is 4.90 Å². The minimum absolute atomic E-state index is 0.0149. The van der Waals surface area contributed by atoms with E-state index in [1.807, 2.05) is 0 Å². The number of nitrogens with zero attached hydrogens (tertiary/aromatic N) is 1. The van der Waals surface area contributed by atoms with Crippen LogP contribution in [0.4, 0.5) is 0 Å². The predicted octanol–water partition coefficient (Wildman–Crippen LogP) is 3.02. The highest BCUT2D eigenvalue weighted by atomic mass is 79.9. The lowest BCUT2D eigenvalue weighted by Gasteiger charge is -2.38. The van der Waals surface area contributed by atoms with Gasteiger partial charge in [0.1, 0.15) is 4.88 Å². The molecule has 2 aliphatic rings. The molecule has 1 aromatic heterocycles. The van der Waals surface area contributed by atoms with E-state index in [0.717, 1.165) is 35.9 Å². The van der Waals surface area contributed by atoms with Crippen LogP contribution in [-0.2, 0) is 19.4 Å². The topological polar surface area (TPSA) is 80.8 Å². The van der Waals surface area contributed by atoms with Crippen LogP contribution < -0.4 is 0 Å². The number of thiophene rings is 1. The fourth-order valence-corrected chi connectivity index (χ4v) is 6.75. The first kappa shape index (κ1) is 19.8. The van der Waals surface area contributed by atoms with Gasteiger partial charge >= 0.3 is 5.97 Å². The van der Waals surface area contributed by atoms with E-state index < -0.39 is 15.8 Å². The molecule has 1 aliphatic carbocycles. The highest BCUT2D eigenvalue weighted by Gasteiger charge is 2.38. The molecule has 1 saturated carbocycles. The normalized spacial score (nSPS) is 22.9. The van der Waals surface area contributed by atoms with Gasteiger partial charge in [-0.1, -0.05) is 19.3 Å². The summed E-state index contributed by atoms with van der Waals surface area (Å²) in [6.07, 6.45) is 5.45.